The zero-order chi connectivity index (χ0) is 46.9. The summed E-state index contributed by atoms with van der Waals surface area (Å²) in [5.41, 5.74) is 5.75. The monoisotopic (exact) mass is 932 g/mol. The lowest BCUT2D eigenvalue weighted by atomic mass is 9.50. The van der Waals surface area contributed by atoms with Gasteiger partial charge in [-0.3, -0.25) is 5.01 Å². The number of phenols is 1. The molecule has 2 N–H and O–H groups in total. The first kappa shape index (κ1) is 47.5. The third-order valence-electron chi connectivity index (χ3n) is 14.9. The molecule has 1 aromatic heterocycles. The molecule has 68 heavy (non-hydrogen) atoms. The molecule has 2 fully saturated rings. The van der Waals surface area contributed by atoms with E-state index in [1.165, 1.54) is 60.8 Å². The van der Waals surface area contributed by atoms with Crippen LogP contribution in [-0.4, -0.2) is 112 Å². The minimum absolute atomic E-state index is 0.0617. The van der Waals surface area contributed by atoms with Crippen molar-refractivity contribution in [3.63, 3.8) is 0 Å². The molecule has 0 spiro atoms. The van der Waals surface area contributed by atoms with Crippen LogP contribution in [0.3, 0.4) is 0 Å². The predicted octanol–water partition coefficient (Wildman–Crippen LogP) is 9.69. The molecule has 3 aliphatic carbocycles. The van der Waals surface area contributed by atoms with Crippen LogP contribution in [0, 0.1) is 29.0 Å². The van der Waals surface area contributed by atoms with Crippen LogP contribution in [0.1, 0.15) is 68.1 Å². The highest BCUT2D eigenvalue weighted by atomic mass is 19.1. The number of nitrogens with zero attached hydrogens (tertiary/aromatic N) is 5. The molecule has 7 atom stereocenters. The largest absolute Gasteiger partial charge is 0.508 e. The fraction of sp³-hybridized carbons (Fsp3) is 0.509. The van der Waals surface area contributed by atoms with Gasteiger partial charge in [0.15, 0.2) is 11.5 Å². The summed E-state index contributed by atoms with van der Waals surface area (Å²) in [6.45, 7) is 10.6. The fourth-order valence-corrected chi connectivity index (χ4v) is 11.3. The summed E-state index contributed by atoms with van der Waals surface area (Å²) in [4.78, 5) is 8.71. The second kappa shape index (κ2) is 22.2. The van der Waals surface area contributed by atoms with Crippen LogP contribution >= 0.6 is 0 Å². The molecular weight excluding hydrogens is 868 g/mol. The lowest BCUT2D eigenvalue weighted by Gasteiger charge is -2.54. The van der Waals surface area contributed by atoms with E-state index in [4.69, 9.17) is 33.2 Å². The maximum atomic E-state index is 13.7. The molecular formula is C53H65FN6O8. The minimum Gasteiger partial charge on any atom is -0.508 e. The van der Waals surface area contributed by atoms with Gasteiger partial charge in [0.2, 0.25) is 0 Å². The first-order chi connectivity index (χ1) is 33.3. The number of rotatable bonds is 23. The third-order valence-corrected chi connectivity index (χ3v) is 14.9. The number of phenolic OH excluding ortho intramolecular Hbond substituents is 1. The van der Waals surface area contributed by atoms with Gasteiger partial charge in [0.1, 0.15) is 42.7 Å². The van der Waals surface area contributed by atoms with Crippen molar-refractivity contribution in [2.24, 2.45) is 33.5 Å². The average molecular weight is 933 g/mol. The quantitative estimate of drug-likeness (QED) is 0.0601. The van der Waals surface area contributed by atoms with Gasteiger partial charge in [-0.15, -0.1) is 0 Å². The van der Waals surface area contributed by atoms with E-state index in [0.29, 0.717) is 142 Å². The van der Waals surface area contributed by atoms with E-state index in [1.807, 2.05) is 17.1 Å². The van der Waals surface area contributed by atoms with Crippen LogP contribution in [0.15, 0.2) is 95.5 Å². The first-order valence-corrected chi connectivity index (χ1v) is 24.2. The number of fused-ring (bicyclic) bond motifs is 6. The molecule has 4 aromatic carbocycles. The standard InChI is InChI=1S/C53H65FN6O8/c1-35-7-16-47-44-14-10-37-27-41(61)11-15-43(37)51(44)46(31-53(35,47)2)36-8-12-42(13-9-36)67-18-17-60-40(32-57-59-60)33-66-24-23-64-20-19-63-21-22-65-25-26-68-50-30-48-45(29-49(50)62-3)52(56-34-55-48)58-39-6-4-5-38(54)28-39/h4-6,8-9,11-13,15,27-30,34-35,40,44,46-47,51,61H,7,10,14,16-26,31-33H2,1-3H3,(H,55,56,58). The van der Waals surface area contributed by atoms with Crippen molar-refractivity contribution < 1.29 is 42.7 Å². The van der Waals surface area contributed by atoms with Crippen molar-refractivity contribution in [2.75, 3.05) is 91.6 Å². The van der Waals surface area contributed by atoms with Crippen LogP contribution in [0.25, 0.3) is 10.9 Å². The maximum absolute atomic E-state index is 13.7. The SMILES string of the molecule is COc1cc2c(Nc3cccc(F)c3)ncnc2cc1OCCOCCOCCOCCOCC1CN=NN1CCOc1ccc(C2CC3(C)C(C)CCC3C3CCc4cc(O)ccc4C23)cc1. The highest BCUT2D eigenvalue weighted by molar-refractivity contribution is 5.93. The molecule has 362 valence electrons. The Balaban J connectivity index is 0.625. The van der Waals surface area contributed by atoms with Crippen molar-refractivity contribution >= 4 is 22.4 Å². The van der Waals surface area contributed by atoms with E-state index in [2.05, 4.69) is 69.8 Å². The molecule has 4 aliphatic rings. The smallest absolute Gasteiger partial charge is 0.163 e. The van der Waals surface area contributed by atoms with Gasteiger partial charge in [-0.2, -0.15) is 5.11 Å². The average Bonchev–Trinajstić information content (AvgIpc) is 3.92. The third kappa shape index (κ3) is 11.0. The number of aromatic hydroxyl groups is 1. The highest BCUT2D eigenvalue weighted by Gasteiger charge is 2.56. The molecule has 0 amide bonds. The van der Waals surface area contributed by atoms with E-state index in [-0.39, 0.29) is 11.9 Å². The number of benzene rings is 4. The van der Waals surface area contributed by atoms with Gasteiger partial charge in [0, 0.05) is 17.1 Å². The Morgan fingerprint density at radius 1 is 0.809 bits per heavy atom. The van der Waals surface area contributed by atoms with Crippen LogP contribution in [0.5, 0.6) is 23.0 Å². The number of aromatic nitrogens is 2. The molecule has 5 aromatic rings. The summed E-state index contributed by atoms with van der Waals surface area (Å²) in [6.07, 6.45) is 7.58. The Morgan fingerprint density at radius 3 is 2.37 bits per heavy atom. The number of ether oxygens (including phenoxy) is 7. The number of anilines is 2. The second-order valence-corrected chi connectivity index (χ2v) is 18.8. The lowest BCUT2D eigenvalue weighted by Crippen LogP contribution is -2.45. The van der Waals surface area contributed by atoms with Crippen molar-refractivity contribution in [2.45, 2.75) is 63.8 Å². The predicted molar refractivity (Wildman–Crippen MR) is 257 cm³/mol. The van der Waals surface area contributed by atoms with Crippen LogP contribution < -0.4 is 19.5 Å². The van der Waals surface area contributed by atoms with Gasteiger partial charge in [0.25, 0.3) is 0 Å². The lowest BCUT2D eigenvalue weighted by molar-refractivity contribution is -0.0105. The number of hydrogen-bond donors (Lipinski definition) is 2. The Morgan fingerprint density at radius 2 is 1.59 bits per heavy atom. The summed E-state index contributed by atoms with van der Waals surface area (Å²) in [5.74, 6) is 5.56. The molecule has 2 saturated carbocycles. The van der Waals surface area contributed by atoms with Crippen molar-refractivity contribution in [3.05, 3.63) is 108 Å². The van der Waals surface area contributed by atoms with Crippen molar-refractivity contribution in [1.29, 1.82) is 0 Å². The summed E-state index contributed by atoms with van der Waals surface area (Å²) in [6, 6.07) is 24.8. The Bertz CT molecular complexity index is 2480. The van der Waals surface area contributed by atoms with E-state index < -0.39 is 0 Å². The van der Waals surface area contributed by atoms with Crippen LogP contribution in [0.2, 0.25) is 0 Å². The first-order valence-electron chi connectivity index (χ1n) is 24.2. The summed E-state index contributed by atoms with van der Waals surface area (Å²) in [7, 11) is 1.57. The highest BCUT2D eigenvalue weighted by Crippen LogP contribution is 2.66. The van der Waals surface area contributed by atoms with E-state index >= 15 is 0 Å². The zero-order valence-corrected chi connectivity index (χ0v) is 39.5. The number of aryl methyl sites for hydroxylation is 1. The number of halogens is 1. The van der Waals surface area contributed by atoms with Gasteiger partial charge in [0.05, 0.1) is 84.6 Å². The Hall–Kier alpha value is -5.61. The van der Waals surface area contributed by atoms with E-state index in [1.54, 1.807) is 31.4 Å². The van der Waals surface area contributed by atoms with Gasteiger partial charge in [-0.1, -0.05) is 43.3 Å². The molecule has 15 heteroatoms. The Kier molecular flexibility index (Phi) is 15.5. The number of hydrogen-bond acceptors (Lipinski definition) is 14. The normalized spacial score (nSPS) is 23.9. The maximum Gasteiger partial charge on any atom is 0.163 e. The molecule has 1 aliphatic heterocycles. The number of methoxy groups -OCH3 is 1. The molecule has 0 saturated heterocycles. The van der Waals surface area contributed by atoms with Crippen LogP contribution in [-0.2, 0) is 25.4 Å². The van der Waals surface area contributed by atoms with Gasteiger partial charge >= 0.3 is 0 Å². The molecule has 14 nitrogen and oxygen atoms in total. The zero-order valence-electron chi connectivity index (χ0n) is 39.5. The van der Waals surface area contributed by atoms with Crippen molar-refractivity contribution in [1.82, 2.24) is 15.0 Å². The van der Waals surface area contributed by atoms with Gasteiger partial charge in [-0.25, -0.2) is 14.4 Å². The summed E-state index contributed by atoms with van der Waals surface area (Å²) in [5, 5.41) is 24.7. The minimum atomic E-state index is -0.343. The van der Waals surface area contributed by atoms with Gasteiger partial charge < -0.3 is 43.6 Å². The van der Waals surface area contributed by atoms with E-state index in [0.717, 1.165) is 24.0 Å². The fourth-order valence-electron chi connectivity index (χ4n) is 11.3. The second-order valence-electron chi connectivity index (χ2n) is 18.8. The van der Waals surface area contributed by atoms with Gasteiger partial charge in [-0.05, 0) is 132 Å². The summed E-state index contributed by atoms with van der Waals surface area (Å²) < 4.78 is 54.5. The number of nitrogens with one attached hydrogen (secondary N) is 1. The molecule has 0 bridgehead atoms. The molecule has 0 radical (unpaired) electrons. The topological polar surface area (TPSA) is 151 Å². The van der Waals surface area contributed by atoms with Crippen molar-refractivity contribution in [3.8, 4) is 23.0 Å². The molecule has 7 unspecified atom stereocenters. The van der Waals surface area contributed by atoms with E-state index in [9.17, 15) is 9.50 Å². The Labute approximate surface area is 398 Å². The summed E-state index contributed by atoms with van der Waals surface area (Å²) >= 11 is 0. The van der Waals surface area contributed by atoms with Crippen LogP contribution in [0.4, 0.5) is 15.9 Å². The molecule has 9 rings (SSSR count). The molecule has 2 heterocycles.